The van der Waals surface area contributed by atoms with Gasteiger partial charge in [0.05, 0.1) is 11.3 Å². The Morgan fingerprint density at radius 3 is 2.90 bits per heavy atom. The fourth-order valence-corrected chi connectivity index (χ4v) is 2.91. The summed E-state index contributed by atoms with van der Waals surface area (Å²) in [5, 5.41) is 3.16. The second-order valence-electron chi connectivity index (χ2n) is 4.61. The van der Waals surface area contributed by atoms with E-state index in [-0.39, 0.29) is 11.4 Å². The van der Waals surface area contributed by atoms with Gasteiger partial charge in [0, 0.05) is 11.4 Å². The molecular weight excluding hydrogens is 277 g/mol. The Balaban J connectivity index is 1.76. The van der Waals surface area contributed by atoms with Gasteiger partial charge >= 0.3 is 0 Å². The first-order valence-corrected chi connectivity index (χ1v) is 7.45. The van der Waals surface area contributed by atoms with E-state index in [1.165, 1.54) is 23.9 Å². The number of thioether (sulfide) groups is 1. The second-order valence-corrected chi connectivity index (χ2v) is 5.66. The fourth-order valence-electron chi connectivity index (χ4n) is 2.15. The Kier molecular flexibility index (Phi) is 3.73. The molecule has 0 fully saturated rings. The number of hydrogen-bond acceptors (Lipinski definition) is 4. The minimum absolute atomic E-state index is 0.0584. The highest BCUT2D eigenvalue weighted by atomic mass is 32.2. The minimum Gasteiger partial charge on any atom is -0.370 e. The van der Waals surface area contributed by atoms with Crippen molar-refractivity contribution >= 4 is 17.6 Å². The van der Waals surface area contributed by atoms with Crippen molar-refractivity contribution in [3.8, 4) is 0 Å². The molecule has 4 nitrogen and oxygen atoms in total. The molecule has 1 aromatic carbocycles. The van der Waals surface area contributed by atoms with Gasteiger partial charge in [-0.05, 0) is 37.1 Å². The number of H-pyrrole nitrogens is 1. The van der Waals surface area contributed by atoms with Gasteiger partial charge in [-0.25, -0.2) is 9.37 Å². The lowest BCUT2D eigenvalue weighted by Crippen LogP contribution is -2.24. The van der Waals surface area contributed by atoms with Crippen LogP contribution in [0.15, 0.2) is 34.0 Å². The van der Waals surface area contributed by atoms with E-state index >= 15 is 0 Å². The maximum Gasteiger partial charge on any atom is 0.256 e. The van der Waals surface area contributed by atoms with E-state index in [9.17, 15) is 9.18 Å². The number of nitrogens with one attached hydrogen (secondary N) is 2. The number of anilines is 1. The van der Waals surface area contributed by atoms with Crippen molar-refractivity contribution in [3.05, 3.63) is 51.8 Å². The van der Waals surface area contributed by atoms with Gasteiger partial charge in [-0.3, -0.25) is 4.79 Å². The normalized spacial score (nSPS) is 13.7. The second kappa shape index (κ2) is 5.66. The molecule has 0 saturated heterocycles. The number of benzene rings is 1. The van der Waals surface area contributed by atoms with Crippen molar-refractivity contribution < 1.29 is 4.39 Å². The van der Waals surface area contributed by atoms with Crippen molar-refractivity contribution in [2.24, 2.45) is 0 Å². The van der Waals surface area contributed by atoms with Gasteiger partial charge in [-0.2, -0.15) is 0 Å². The van der Waals surface area contributed by atoms with Crippen LogP contribution in [0.3, 0.4) is 0 Å². The first-order chi connectivity index (χ1) is 9.72. The van der Waals surface area contributed by atoms with Gasteiger partial charge in [0.25, 0.3) is 5.56 Å². The van der Waals surface area contributed by atoms with Crippen LogP contribution in [0, 0.1) is 5.82 Å². The van der Waals surface area contributed by atoms with Gasteiger partial charge in [0.1, 0.15) is 17.5 Å². The predicted octanol–water partition coefficient (Wildman–Crippen LogP) is 2.56. The van der Waals surface area contributed by atoms with Gasteiger partial charge in [-0.15, -0.1) is 11.8 Å². The lowest BCUT2D eigenvalue weighted by Gasteiger charge is -2.16. The van der Waals surface area contributed by atoms with E-state index in [4.69, 9.17) is 0 Å². The molecule has 1 aromatic heterocycles. The van der Waals surface area contributed by atoms with Crippen LogP contribution in [0.2, 0.25) is 0 Å². The Morgan fingerprint density at radius 2 is 2.10 bits per heavy atom. The molecule has 0 atom stereocenters. The Bertz CT molecular complexity index is 669. The summed E-state index contributed by atoms with van der Waals surface area (Å²) in [6.45, 7) is 0.855. The van der Waals surface area contributed by atoms with E-state index in [0.717, 1.165) is 29.8 Å². The summed E-state index contributed by atoms with van der Waals surface area (Å²) in [7, 11) is 0. The van der Waals surface area contributed by atoms with E-state index < -0.39 is 0 Å². The number of aromatic amines is 1. The van der Waals surface area contributed by atoms with Crippen LogP contribution in [-0.4, -0.2) is 16.5 Å². The van der Waals surface area contributed by atoms with Crippen LogP contribution in [0.5, 0.6) is 0 Å². The maximum atomic E-state index is 12.8. The number of fused-ring (bicyclic) bond motifs is 1. The molecule has 6 heteroatoms. The van der Waals surface area contributed by atoms with Crippen LogP contribution in [0.1, 0.15) is 17.8 Å². The average Bonchev–Trinajstić information content (AvgIpc) is 2.47. The summed E-state index contributed by atoms with van der Waals surface area (Å²) in [5.41, 5.74) is 0.684. The highest BCUT2D eigenvalue weighted by molar-refractivity contribution is 7.98. The molecule has 0 bridgehead atoms. The summed E-state index contributed by atoms with van der Waals surface area (Å²) in [4.78, 5) is 20.2. The van der Waals surface area contributed by atoms with Crippen LogP contribution >= 0.6 is 11.8 Å². The number of halogens is 1. The maximum absolute atomic E-state index is 12.8. The molecule has 1 aliphatic heterocycles. The number of rotatable bonds is 3. The molecule has 0 radical (unpaired) electrons. The van der Waals surface area contributed by atoms with Crippen molar-refractivity contribution in [2.45, 2.75) is 23.5 Å². The fraction of sp³-hybridized carbons (Fsp3) is 0.286. The zero-order valence-corrected chi connectivity index (χ0v) is 11.6. The highest BCUT2D eigenvalue weighted by Crippen LogP contribution is 2.22. The molecule has 3 rings (SSSR count). The van der Waals surface area contributed by atoms with Crippen molar-refractivity contribution in [3.63, 3.8) is 0 Å². The van der Waals surface area contributed by atoms with E-state index in [1.807, 2.05) is 0 Å². The molecule has 0 unspecified atom stereocenters. The monoisotopic (exact) mass is 291 g/mol. The minimum atomic E-state index is -0.251. The van der Waals surface area contributed by atoms with Gasteiger partial charge in [0.2, 0.25) is 0 Å². The predicted molar refractivity (Wildman–Crippen MR) is 77.6 cm³/mol. The van der Waals surface area contributed by atoms with Crippen molar-refractivity contribution in [1.29, 1.82) is 0 Å². The van der Waals surface area contributed by atoms with E-state index in [1.54, 1.807) is 12.1 Å². The molecule has 0 spiro atoms. The van der Waals surface area contributed by atoms with Crippen LogP contribution < -0.4 is 10.9 Å². The molecular formula is C14H14FN3OS. The molecule has 2 aromatic rings. The van der Waals surface area contributed by atoms with E-state index in [2.05, 4.69) is 15.3 Å². The third-order valence-electron chi connectivity index (χ3n) is 3.15. The summed E-state index contributed by atoms with van der Waals surface area (Å²) >= 11 is 1.51. The molecule has 1 aliphatic rings. The largest absolute Gasteiger partial charge is 0.370 e. The lowest BCUT2D eigenvalue weighted by molar-refractivity contribution is 0.626. The van der Waals surface area contributed by atoms with Gasteiger partial charge in [0.15, 0.2) is 0 Å². The Labute approximate surface area is 119 Å². The summed E-state index contributed by atoms with van der Waals surface area (Å²) < 4.78 is 12.8. The topological polar surface area (TPSA) is 57.8 Å². The van der Waals surface area contributed by atoms with Gasteiger partial charge < -0.3 is 10.3 Å². The van der Waals surface area contributed by atoms with Crippen LogP contribution in [0.4, 0.5) is 10.2 Å². The average molecular weight is 291 g/mol. The molecule has 104 valence electrons. The van der Waals surface area contributed by atoms with Gasteiger partial charge in [-0.1, -0.05) is 0 Å². The zero-order valence-electron chi connectivity index (χ0n) is 10.8. The Morgan fingerprint density at radius 1 is 1.30 bits per heavy atom. The van der Waals surface area contributed by atoms with Crippen LogP contribution in [0.25, 0.3) is 0 Å². The van der Waals surface area contributed by atoms with Crippen molar-refractivity contribution in [2.75, 3.05) is 11.9 Å². The lowest BCUT2D eigenvalue weighted by atomic mass is 10.1. The molecule has 2 heterocycles. The zero-order chi connectivity index (χ0) is 13.9. The third-order valence-corrected chi connectivity index (χ3v) is 4.17. The van der Waals surface area contributed by atoms with E-state index in [0.29, 0.717) is 17.4 Å². The summed E-state index contributed by atoms with van der Waals surface area (Å²) in [6, 6.07) is 6.28. The quantitative estimate of drug-likeness (QED) is 0.853. The standard InChI is InChI=1S/C14H14FN3OS/c15-9-3-5-10(6-4-9)20-8-12-17-13-11(14(19)18-12)2-1-7-16-13/h3-6H,1-2,7-8H2,(H2,16,17,18,19). The summed E-state index contributed by atoms with van der Waals surface area (Å²) in [5.74, 6) is 1.64. The van der Waals surface area contributed by atoms with Crippen molar-refractivity contribution in [1.82, 2.24) is 9.97 Å². The Hall–Kier alpha value is -1.82. The number of hydrogen-bond donors (Lipinski definition) is 2. The molecule has 2 N–H and O–H groups in total. The molecule has 0 aliphatic carbocycles. The van der Waals surface area contributed by atoms with Crippen LogP contribution in [-0.2, 0) is 12.2 Å². The smallest absolute Gasteiger partial charge is 0.256 e. The first-order valence-electron chi connectivity index (χ1n) is 6.47. The first kappa shape index (κ1) is 13.2. The molecule has 0 amide bonds. The summed E-state index contributed by atoms with van der Waals surface area (Å²) in [6.07, 6.45) is 1.73. The molecule has 0 saturated carbocycles. The SMILES string of the molecule is O=c1[nH]c(CSc2ccc(F)cc2)nc2c1CCCN2. The number of aromatic nitrogens is 2. The number of nitrogens with zero attached hydrogens (tertiary/aromatic N) is 1. The third kappa shape index (κ3) is 2.85. The molecule has 20 heavy (non-hydrogen) atoms. The highest BCUT2D eigenvalue weighted by Gasteiger charge is 2.14.